The van der Waals surface area contributed by atoms with E-state index in [0.29, 0.717) is 31.5 Å². The van der Waals surface area contributed by atoms with Gasteiger partial charge in [0.05, 0.1) is 6.54 Å². The smallest absolute Gasteiger partial charge is 0.222 e. The maximum Gasteiger partial charge on any atom is 0.222 e. The summed E-state index contributed by atoms with van der Waals surface area (Å²) in [5, 5.41) is 6.77. The van der Waals surface area contributed by atoms with Crippen LogP contribution in [-0.4, -0.2) is 35.9 Å². The van der Waals surface area contributed by atoms with Gasteiger partial charge in [0.25, 0.3) is 0 Å². The van der Waals surface area contributed by atoms with Crippen LogP contribution >= 0.6 is 24.0 Å². The van der Waals surface area contributed by atoms with Gasteiger partial charge in [-0.1, -0.05) is 38.1 Å². The van der Waals surface area contributed by atoms with Crippen LogP contribution in [-0.2, 0) is 17.9 Å². The molecule has 0 aliphatic carbocycles. The number of rotatable bonds is 7. The zero-order valence-corrected chi connectivity index (χ0v) is 18.7. The molecule has 5 nitrogen and oxygen atoms in total. The second kappa shape index (κ2) is 11.4. The van der Waals surface area contributed by atoms with Gasteiger partial charge in [0, 0.05) is 32.1 Å². The number of benzene rings is 1. The quantitative estimate of drug-likeness (QED) is 0.363. The van der Waals surface area contributed by atoms with Gasteiger partial charge in [-0.3, -0.25) is 4.79 Å². The average Bonchev–Trinajstić information content (AvgIpc) is 2.98. The van der Waals surface area contributed by atoms with Crippen molar-refractivity contribution in [1.29, 1.82) is 0 Å². The van der Waals surface area contributed by atoms with Crippen molar-refractivity contribution in [1.82, 2.24) is 15.5 Å². The fraction of sp³-hybridized carbons (Fsp3) is 0.600. The molecule has 0 bridgehead atoms. The van der Waals surface area contributed by atoms with E-state index in [2.05, 4.69) is 50.5 Å². The predicted octanol–water partition coefficient (Wildman–Crippen LogP) is 3.53. The normalized spacial score (nSPS) is 15.8. The standard InChI is InChI=1S/C20H32N4O.HI/c1-5-21-20(23-16(4)15(2)3)22-13-17-9-6-7-10-18(17)14-24-12-8-11-19(24)25;/h6-7,9-10,15-16H,5,8,11-14H2,1-4H3,(H2,21,22,23);1H. The molecule has 1 aliphatic rings. The minimum atomic E-state index is 0. The molecule has 26 heavy (non-hydrogen) atoms. The molecule has 146 valence electrons. The van der Waals surface area contributed by atoms with Crippen LogP contribution in [0, 0.1) is 5.92 Å². The molecular formula is C20H33IN4O. The number of carbonyl (C=O) groups is 1. The summed E-state index contributed by atoms with van der Waals surface area (Å²) in [5.41, 5.74) is 2.37. The molecule has 1 fully saturated rings. The maximum atomic E-state index is 11.9. The molecule has 1 atom stereocenters. The SMILES string of the molecule is CCNC(=NCc1ccccc1CN1CCCC1=O)NC(C)C(C)C.I. The molecular weight excluding hydrogens is 439 g/mol. The highest BCUT2D eigenvalue weighted by atomic mass is 127. The molecule has 0 radical (unpaired) electrons. The molecule has 6 heteroatoms. The lowest BCUT2D eigenvalue weighted by Crippen LogP contribution is -2.44. The van der Waals surface area contributed by atoms with E-state index in [9.17, 15) is 4.79 Å². The Morgan fingerprint density at radius 3 is 2.50 bits per heavy atom. The summed E-state index contributed by atoms with van der Waals surface area (Å²) < 4.78 is 0. The van der Waals surface area contributed by atoms with E-state index < -0.39 is 0 Å². The van der Waals surface area contributed by atoms with E-state index in [-0.39, 0.29) is 29.9 Å². The lowest BCUT2D eigenvalue weighted by Gasteiger charge is -2.21. The Kier molecular flexibility index (Phi) is 9.98. The zero-order valence-electron chi connectivity index (χ0n) is 16.4. The molecule has 1 amide bonds. The first kappa shape index (κ1) is 22.7. The van der Waals surface area contributed by atoms with Crippen molar-refractivity contribution in [2.45, 2.75) is 59.7 Å². The Bertz CT molecular complexity index is 603. The second-order valence-corrected chi connectivity index (χ2v) is 7.06. The van der Waals surface area contributed by atoms with Gasteiger partial charge in [-0.05, 0) is 37.3 Å². The molecule has 1 saturated heterocycles. The molecule has 0 aromatic heterocycles. The molecule has 2 N–H and O–H groups in total. The van der Waals surface area contributed by atoms with Gasteiger partial charge in [-0.15, -0.1) is 24.0 Å². The Morgan fingerprint density at radius 1 is 1.23 bits per heavy atom. The second-order valence-electron chi connectivity index (χ2n) is 7.06. The van der Waals surface area contributed by atoms with Crippen molar-refractivity contribution in [2.75, 3.05) is 13.1 Å². The minimum Gasteiger partial charge on any atom is -0.357 e. The number of aliphatic imine (C=N–C) groups is 1. The van der Waals surface area contributed by atoms with Gasteiger partial charge in [0.15, 0.2) is 5.96 Å². The highest BCUT2D eigenvalue weighted by molar-refractivity contribution is 14.0. The zero-order chi connectivity index (χ0) is 18.2. The van der Waals surface area contributed by atoms with Crippen LogP contribution < -0.4 is 10.6 Å². The Hall–Kier alpha value is -1.31. The summed E-state index contributed by atoms with van der Waals surface area (Å²) >= 11 is 0. The number of nitrogens with one attached hydrogen (secondary N) is 2. The van der Waals surface area contributed by atoms with E-state index in [4.69, 9.17) is 4.99 Å². The van der Waals surface area contributed by atoms with Crippen LogP contribution in [0.4, 0.5) is 0 Å². The number of likely N-dealkylation sites (tertiary alicyclic amines) is 1. The third-order valence-corrected chi connectivity index (χ3v) is 4.77. The summed E-state index contributed by atoms with van der Waals surface area (Å²) in [7, 11) is 0. The van der Waals surface area contributed by atoms with Gasteiger partial charge < -0.3 is 15.5 Å². The number of hydrogen-bond donors (Lipinski definition) is 2. The van der Waals surface area contributed by atoms with Gasteiger partial charge in [-0.25, -0.2) is 4.99 Å². The molecule has 1 aliphatic heterocycles. The van der Waals surface area contributed by atoms with Crippen LogP contribution in [0.3, 0.4) is 0 Å². The van der Waals surface area contributed by atoms with Crippen molar-refractivity contribution in [2.24, 2.45) is 10.9 Å². The predicted molar refractivity (Wildman–Crippen MR) is 119 cm³/mol. The van der Waals surface area contributed by atoms with E-state index in [1.807, 2.05) is 17.0 Å². The largest absolute Gasteiger partial charge is 0.357 e. The van der Waals surface area contributed by atoms with Gasteiger partial charge in [0.1, 0.15) is 0 Å². The fourth-order valence-electron chi connectivity index (χ4n) is 2.81. The first-order chi connectivity index (χ1) is 12.0. The van der Waals surface area contributed by atoms with Crippen LogP contribution in [0.25, 0.3) is 0 Å². The van der Waals surface area contributed by atoms with Gasteiger partial charge >= 0.3 is 0 Å². The summed E-state index contributed by atoms with van der Waals surface area (Å²) in [6, 6.07) is 8.64. The van der Waals surface area contributed by atoms with Crippen LogP contribution in [0.5, 0.6) is 0 Å². The van der Waals surface area contributed by atoms with Crippen molar-refractivity contribution in [3.8, 4) is 0 Å². The monoisotopic (exact) mass is 472 g/mol. The minimum absolute atomic E-state index is 0. The Balaban J connectivity index is 0.00000338. The lowest BCUT2D eigenvalue weighted by molar-refractivity contribution is -0.128. The third-order valence-electron chi connectivity index (χ3n) is 4.77. The Labute approximate surface area is 175 Å². The third kappa shape index (κ3) is 6.78. The molecule has 1 aromatic carbocycles. The molecule has 0 saturated carbocycles. The van der Waals surface area contributed by atoms with E-state index >= 15 is 0 Å². The molecule has 2 rings (SSSR count). The van der Waals surface area contributed by atoms with Crippen molar-refractivity contribution in [3.05, 3.63) is 35.4 Å². The molecule has 1 aromatic rings. The Morgan fingerprint density at radius 2 is 1.92 bits per heavy atom. The van der Waals surface area contributed by atoms with Crippen LogP contribution in [0.2, 0.25) is 0 Å². The van der Waals surface area contributed by atoms with E-state index in [1.165, 1.54) is 11.1 Å². The number of nitrogens with zero attached hydrogens (tertiary/aromatic N) is 2. The first-order valence-corrected chi connectivity index (χ1v) is 9.40. The maximum absolute atomic E-state index is 11.9. The number of amides is 1. The fourth-order valence-corrected chi connectivity index (χ4v) is 2.81. The van der Waals surface area contributed by atoms with Crippen molar-refractivity contribution >= 4 is 35.8 Å². The lowest BCUT2D eigenvalue weighted by atomic mass is 10.1. The molecule has 1 heterocycles. The summed E-state index contributed by atoms with van der Waals surface area (Å²) in [4.78, 5) is 18.6. The summed E-state index contributed by atoms with van der Waals surface area (Å²) in [5.74, 6) is 1.65. The van der Waals surface area contributed by atoms with Crippen molar-refractivity contribution < 1.29 is 4.79 Å². The van der Waals surface area contributed by atoms with Crippen LogP contribution in [0.1, 0.15) is 51.7 Å². The molecule has 1 unspecified atom stereocenters. The van der Waals surface area contributed by atoms with E-state index in [1.54, 1.807) is 0 Å². The highest BCUT2D eigenvalue weighted by Crippen LogP contribution is 2.17. The summed E-state index contributed by atoms with van der Waals surface area (Å²) in [6.07, 6.45) is 1.66. The number of carbonyl (C=O) groups excluding carboxylic acids is 1. The number of hydrogen-bond acceptors (Lipinski definition) is 2. The molecule has 0 spiro atoms. The van der Waals surface area contributed by atoms with Gasteiger partial charge in [0.2, 0.25) is 5.91 Å². The van der Waals surface area contributed by atoms with Crippen LogP contribution in [0.15, 0.2) is 29.3 Å². The first-order valence-electron chi connectivity index (χ1n) is 9.40. The van der Waals surface area contributed by atoms with E-state index in [0.717, 1.165) is 25.5 Å². The average molecular weight is 472 g/mol. The summed E-state index contributed by atoms with van der Waals surface area (Å²) in [6.45, 7) is 11.6. The number of halogens is 1. The van der Waals surface area contributed by atoms with Gasteiger partial charge in [-0.2, -0.15) is 0 Å². The highest BCUT2D eigenvalue weighted by Gasteiger charge is 2.20. The number of guanidine groups is 1. The van der Waals surface area contributed by atoms with Crippen molar-refractivity contribution in [3.63, 3.8) is 0 Å². The topological polar surface area (TPSA) is 56.7 Å².